The zero-order valence-corrected chi connectivity index (χ0v) is 13.1. The lowest BCUT2D eigenvalue weighted by Crippen LogP contribution is -2.18. The molecule has 0 aliphatic heterocycles. The summed E-state index contributed by atoms with van der Waals surface area (Å²) in [6.07, 6.45) is 1.51. The molecule has 0 atom stereocenters. The molecule has 3 rings (SSSR count). The van der Waals surface area contributed by atoms with Gasteiger partial charge in [-0.2, -0.15) is 0 Å². The van der Waals surface area contributed by atoms with Crippen molar-refractivity contribution in [3.63, 3.8) is 0 Å². The van der Waals surface area contributed by atoms with Gasteiger partial charge in [0.15, 0.2) is 0 Å². The first-order valence-electron chi connectivity index (χ1n) is 7.08. The summed E-state index contributed by atoms with van der Waals surface area (Å²) in [5.74, 6) is 0.108. The molecule has 0 bridgehead atoms. The van der Waals surface area contributed by atoms with Gasteiger partial charge in [-0.25, -0.2) is 8.42 Å². The molecular weight excluding hydrogens is 312 g/mol. The molecule has 0 aliphatic rings. The van der Waals surface area contributed by atoms with Crippen molar-refractivity contribution in [1.29, 1.82) is 0 Å². The molecule has 2 aromatic carbocycles. The summed E-state index contributed by atoms with van der Waals surface area (Å²) >= 11 is 0. The minimum atomic E-state index is -3.55. The van der Waals surface area contributed by atoms with Gasteiger partial charge < -0.3 is 0 Å². The summed E-state index contributed by atoms with van der Waals surface area (Å²) < 4.78 is 28.7. The molecule has 0 saturated carbocycles. The van der Waals surface area contributed by atoms with E-state index in [0.29, 0.717) is 12.1 Å². The minimum absolute atomic E-state index is 0.105. The largest absolute Gasteiger partial charge is 0.295 e. The molecule has 0 radical (unpaired) electrons. The molecule has 118 valence electrons. The number of nitrogens with one attached hydrogen (secondary N) is 1. The van der Waals surface area contributed by atoms with Crippen molar-refractivity contribution in [1.82, 2.24) is 14.8 Å². The predicted molar refractivity (Wildman–Crippen MR) is 88.3 cm³/mol. The van der Waals surface area contributed by atoms with Crippen LogP contribution in [0.1, 0.15) is 11.1 Å². The van der Waals surface area contributed by atoms with Crippen LogP contribution in [0.25, 0.3) is 0 Å². The van der Waals surface area contributed by atoms with Crippen LogP contribution < -0.4 is 4.72 Å². The SMILES string of the molecule is O=S(=O)(Cc1ccccc1)Nc1nncn1Cc1ccccc1. The summed E-state index contributed by atoms with van der Waals surface area (Å²) in [4.78, 5) is 0. The molecule has 7 heteroatoms. The maximum atomic E-state index is 12.3. The minimum Gasteiger partial charge on any atom is -0.295 e. The van der Waals surface area contributed by atoms with Gasteiger partial charge in [0.25, 0.3) is 0 Å². The average Bonchev–Trinajstić information content (AvgIpc) is 2.95. The molecule has 0 amide bonds. The van der Waals surface area contributed by atoms with Crippen LogP contribution in [0, 0.1) is 0 Å². The fourth-order valence-corrected chi connectivity index (χ4v) is 3.34. The van der Waals surface area contributed by atoms with E-state index in [1.807, 2.05) is 48.5 Å². The smallest absolute Gasteiger partial charge is 0.239 e. The van der Waals surface area contributed by atoms with Crippen LogP contribution in [0.2, 0.25) is 0 Å². The first-order valence-corrected chi connectivity index (χ1v) is 8.74. The van der Waals surface area contributed by atoms with Crippen molar-refractivity contribution in [2.24, 2.45) is 0 Å². The molecule has 1 aromatic heterocycles. The molecule has 6 nitrogen and oxygen atoms in total. The summed E-state index contributed by atoms with van der Waals surface area (Å²) in [7, 11) is -3.55. The lowest BCUT2D eigenvalue weighted by molar-refractivity contribution is 0.599. The number of benzene rings is 2. The van der Waals surface area contributed by atoms with Crippen LogP contribution in [-0.4, -0.2) is 23.2 Å². The van der Waals surface area contributed by atoms with E-state index in [-0.39, 0.29) is 11.7 Å². The Hall–Kier alpha value is -2.67. The van der Waals surface area contributed by atoms with Crippen LogP contribution in [-0.2, 0) is 22.3 Å². The topological polar surface area (TPSA) is 76.9 Å². The predicted octanol–water partition coefficient (Wildman–Crippen LogP) is 2.27. The van der Waals surface area contributed by atoms with E-state index in [9.17, 15) is 8.42 Å². The number of nitrogens with zero attached hydrogens (tertiary/aromatic N) is 3. The standard InChI is InChI=1S/C16H16N4O2S/c21-23(22,12-15-9-5-2-6-10-15)19-16-18-17-13-20(16)11-14-7-3-1-4-8-14/h1-10,13H,11-12H2,(H,18,19). The highest BCUT2D eigenvalue weighted by atomic mass is 32.2. The molecule has 0 spiro atoms. The second kappa shape index (κ2) is 6.62. The molecule has 23 heavy (non-hydrogen) atoms. The van der Waals surface area contributed by atoms with E-state index >= 15 is 0 Å². The van der Waals surface area contributed by atoms with E-state index in [1.165, 1.54) is 6.33 Å². The van der Waals surface area contributed by atoms with Crippen LogP contribution in [0.4, 0.5) is 5.95 Å². The van der Waals surface area contributed by atoms with Gasteiger partial charge in [0.2, 0.25) is 16.0 Å². The van der Waals surface area contributed by atoms with Crippen LogP contribution in [0.15, 0.2) is 67.0 Å². The fourth-order valence-electron chi connectivity index (χ4n) is 2.20. The molecule has 1 N–H and O–H groups in total. The van der Waals surface area contributed by atoms with Crippen molar-refractivity contribution in [2.45, 2.75) is 12.3 Å². The monoisotopic (exact) mass is 328 g/mol. The number of sulfonamides is 1. The van der Waals surface area contributed by atoms with Crippen LogP contribution in [0.5, 0.6) is 0 Å². The third-order valence-corrected chi connectivity index (χ3v) is 4.46. The third kappa shape index (κ3) is 4.17. The van der Waals surface area contributed by atoms with Gasteiger partial charge in [0.05, 0.1) is 12.3 Å². The quantitative estimate of drug-likeness (QED) is 0.753. The summed E-state index contributed by atoms with van der Waals surface area (Å²) in [6, 6.07) is 18.7. The van der Waals surface area contributed by atoms with E-state index in [4.69, 9.17) is 0 Å². The molecule has 3 aromatic rings. The first kappa shape index (κ1) is 15.2. The number of anilines is 1. The number of hydrogen-bond donors (Lipinski definition) is 1. The molecular formula is C16H16N4O2S. The second-order valence-electron chi connectivity index (χ2n) is 5.11. The summed E-state index contributed by atoms with van der Waals surface area (Å²) in [6.45, 7) is 0.497. The zero-order valence-electron chi connectivity index (χ0n) is 12.3. The van der Waals surface area contributed by atoms with Crippen molar-refractivity contribution in [3.8, 4) is 0 Å². The van der Waals surface area contributed by atoms with Crippen molar-refractivity contribution in [2.75, 3.05) is 4.72 Å². The second-order valence-corrected chi connectivity index (χ2v) is 6.84. The maximum absolute atomic E-state index is 12.3. The highest BCUT2D eigenvalue weighted by Crippen LogP contribution is 2.12. The first-order chi connectivity index (χ1) is 11.1. The molecule has 0 unspecified atom stereocenters. The number of rotatable bonds is 6. The number of hydrogen-bond acceptors (Lipinski definition) is 4. The Labute approximate surface area is 134 Å². The maximum Gasteiger partial charge on any atom is 0.239 e. The molecule has 0 saturated heterocycles. The van der Waals surface area contributed by atoms with Gasteiger partial charge in [0, 0.05) is 0 Å². The lowest BCUT2D eigenvalue weighted by atomic mass is 10.2. The van der Waals surface area contributed by atoms with E-state index < -0.39 is 10.0 Å². The highest BCUT2D eigenvalue weighted by molar-refractivity contribution is 7.91. The fraction of sp³-hybridized carbons (Fsp3) is 0.125. The normalized spacial score (nSPS) is 11.3. The molecule has 0 fully saturated rings. The Morgan fingerprint density at radius 1 is 0.913 bits per heavy atom. The molecule has 1 heterocycles. The summed E-state index contributed by atoms with van der Waals surface area (Å²) in [5.41, 5.74) is 1.75. The van der Waals surface area contributed by atoms with E-state index in [0.717, 1.165) is 5.56 Å². The zero-order chi connectivity index (χ0) is 16.1. The van der Waals surface area contributed by atoms with E-state index in [1.54, 1.807) is 16.7 Å². The van der Waals surface area contributed by atoms with Crippen LogP contribution in [0.3, 0.4) is 0 Å². The van der Waals surface area contributed by atoms with Gasteiger partial charge in [-0.15, -0.1) is 10.2 Å². The van der Waals surface area contributed by atoms with Crippen molar-refractivity contribution < 1.29 is 8.42 Å². The van der Waals surface area contributed by atoms with Gasteiger partial charge >= 0.3 is 0 Å². The van der Waals surface area contributed by atoms with E-state index in [2.05, 4.69) is 14.9 Å². The van der Waals surface area contributed by atoms with Gasteiger partial charge in [-0.1, -0.05) is 60.7 Å². The Morgan fingerprint density at radius 2 is 1.52 bits per heavy atom. The van der Waals surface area contributed by atoms with Gasteiger partial charge in [-0.3, -0.25) is 9.29 Å². The average molecular weight is 328 g/mol. The van der Waals surface area contributed by atoms with Crippen LogP contribution >= 0.6 is 0 Å². The molecule has 0 aliphatic carbocycles. The van der Waals surface area contributed by atoms with Crippen molar-refractivity contribution in [3.05, 3.63) is 78.1 Å². The summed E-state index contributed by atoms with van der Waals surface area (Å²) in [5, 5.41) is 7.66. The highest BCUT2D eigenvalue weighted by Gasteiger charge is 2.15. The van der Waals surface area contributed by atoms with Gasteiger partial charge in [0.1, 0.15) is 6.33 Å². The Kier molecular flexibility index (Phi) is 4.38. The number of aromatic nitrogens is 3. The Balaban J connectivity index is 1.74. The Morgan fingerprint density at radius 3 is 2.17 bits per heavy atom. The Bertz CT molecular complexity index is 861. The third-order valence-electron chi connectivity index (χ3n) is 3.26. The lowest BCUT2D eigenvalue weighted by Gasteiger charge is -2.09. The van der Waals surface area contributed by atoms with Gasteiger partial charge in [-0.05, 0) is 11.1 Å². The van der Waals surface area contributed by atoms with Crippen molar-refractivity contribution >= 4 is 16.0 Å².